The zero-order valence-corrected chi connectivity index (χ0v) is 19.0. The first-order valence-electron chi connectivity index (χ1n) is 11.4. The van der Waals surface area contributed by atoms with E-state index in [9.17, 15) is 19.5 Å². The molecule has 2 fully saturated rings. The number of carboxylic acid groups (broad SMARTS) is 1. The molecule has 2 saturated heterocycles. The summed E-state index contributed by atoms with van der Waals surface area (Å²) in [5.74, 6) is -0.974. The number of amides is 1. The van der Waals surface area contributed by atoms with Gasteiger partial charge >= 0.3 is 5.97 Å². The molecule has 3 unspecified atom stereocenters. The van der Waals surface area contributed by atoms with Crippen molar-refractivity contribution < 1.29 is 29.3 Å². The van der Waals surface area contributed by atoms with Gasteiger partial charge in [-0.25, -0.2) is 4.79 Å². The third-order valence-electron chi connectivity index (χ3n) is 6.19. The van der Waals surface area contributed by atoms with Crippen LogP contribution in [0.2, 0.25) is 0 Å². The number of rotatable bonds is 4. The second-order valence-corrected chi connectivity index (χ2v) is 8.63. The summed E-state index contributed by atoms with van der Waals surface area (Å²) in [6, 6.07) is 14.0. The van der Waals surface area contributed by atoms with Crippen molar-refractivity contribution in [1.29, 1.82) is 0 Å². The van der Waals surface area contributed by atoms with Crippen LogP contribution in [0.5, 0.6) is 5.75 Å². The molecule has 3 atom stereocenters. The van der Waals surface area contributed by atoms with E-state index in [1.54, 1.807) is 59.6 Å². The van der Waals surface area contributed by atoms with Crippen molar-refractivity contribution in [2.45, 2.75) is 37.5 Å². The Hall–Kier alpha value is -3.82. The van der Waals surface area contributed by atoms with E-state index in [1.807, 2.05) is 6.07 Å². The van der Waals surface area contributed by atoms with Gasteiger partial charge in [-0.15, -0.1) is 0 Å². The molecule has 2 aromatic carbocycles. The number of carbonyl (C=O) groups is 3. The maximum atomic E-state index is 12.6. The predicted octanol–water partition coefficient (Wildman–Crippen LogP) is 2.15. The zero-order valence-electron chi connectivity index (χ0n) is 19.0. The third-order valence-corrected chi connectivity index (χ3v) is 6.19. The number of aromatic nitrogens is 1. The minimum absolute atomic E-state index is 0.0325. The first-order chi connectivity index (χ1) is 16.8. The molecule has 182 valence electrons. The summed E-state index contributed by atoms with van der Waals surface area (Å²) in [5.41, 5.74) is 8.02. The Morgan fingerprint density at radius 1 is 1.17 bits per heavy atom. The number of hydrogen-bond donors (Lipinski definition) is 3. The molecule has 0 aliphatic carbocycles. The molecule has 0 saturated carbocycles. The van der Waals surface area contributed by atoms with Crippen LogP contribution in [0.3, 0.4) is 0 Å². The highest BCUT2D eigenvalue weighted by atomic mass is 16.5. The van der Waals surface area contributed by atoms with Crippen molar-refractivity contribution in [2.75, 3.05) is 13.2 Å². The van der Waals surface area contributed by atoms with Crippen LogP contribution in [0.15, 0.2) is 60.8 Å². The Labute approximate surface area is 202 Å². The first kappa shape index (κ1) is 24.3. The number of nitrogens with two attached hydrogens (primary N) is 1. The summed E-state index contributed by atoms with van der Waals surface area (Å²) in [7, 11) is 0. The van der Waals surface area contributed by atoms with E-state index in [0.29, 0.717) is 18.5 Å². The lowest BCUT2D eigenvalue weighted by atomic mass is 9.96. The molecule has 2 aliphatic rings. The number of phenolic OH excluding ortho intramolecular Hbond substituents is 1. The molecule has 0 bridgehead atoms. The molecule has 9 nitrogen and oxygen atoms in total. The molecule has 9 heteroatoms. The number of likely N-dealkylation sites (tertiary alicyclic amines) is 1. The molecule has 2 aliphatic heterocycles. The number of aromatic carboxylic acids is 1. The molecule has 35 heavy (non-hydrogen) atoms. The smallest absolute Gasteiger partial charge is 0.335 e. The molecule has 3 heterocycles. The van der Waals surface area contributed by atoms with Crippen LogP contribution in [-0.2, 0) is 20.7 Å². The maximum absolute atomic E-state index is 12.6. The molecule has 4 N–H and O–H groups in total. The van der Waals surface area contributed by atoms with Crippen LogP contribution in [0, 0.1) is 0 Å². The Morgan fingerprint density at radius 2 is 1.94 bits per heavy atom. The Morgan fingerprint density at radius 3 is 2.69 bits per heavy atom. The topological polar surface area (TPSA) is 143 Å². The highest BCUT2D eigenvalue weighted by Gasteiger charge is 2.45. The normalized spacial score (nSPS) is 20.0. The van der Waals surface area contributed by atoms with Gasteiger partial charge < -0.3 is 25.6 Å². The van der Waals surface area contributed by atoms with Gasteiger partial charge in [-0.3, -0.25) is 14.6 Å². The number of ether oxygens (including phenoxy) is 1. The number of Topliss-reactive ketones (excluding diaryl/α,β-unsaturated/α-hetero) is 1. The van der Waals surface area contributed by atoms with Crippen LogP contribution in [0.4, 0.5) is 0 Å². The van der Waals surface area contributed by atoms with Gasteiger partial charge in [0.05, 0.1) is 23.2 Å². The van der Waals surface area contributed by atoms with Crippen molar-refractivity contribution in [1.82, 2.24) is 9.88 Å². The van der Waals surface area contributed by atoms with Gasteiger partial charge in [0.1, 0.15) is 18.4 Å². The fourth-order valence-electron chi connectivity index (χ4n) is 4.43. The fraction of sp³-hybridized carbons (Fsp3) is 0.308. The van der Waals surface area contributed by atoms with Gasteiger partial charge in [0.15, 0.2) is 5.78 Å². The second kappa shape index (κ2) is 10.6. The standard InChI is InChI=1S/C16H20N2O4.C10H7NO2/c17-12(8-10-3-5-11(19)6-4-10)16(21)18-7-1-2-14-15(18)13(20)9-22-14;12-10(13)8-3-4-9-7(6-8)2-1-5-11-9/h3-6,12,14-15,19H,1-2,7-9,17H2;1-6H,(H,12,13). The van der Waals surface area contributed by atoms with Crippen LogP contribution < -0.4 is 5.73 Å². The van der Waals surface area contributed by atoms with Gasteiger partial charge in [0, 0.05) is 18.1 Å². The van der Waals surface area contributed by atoms with E-state index < -0.39 is 18.1 Å². The van der Waals surface area contributed by atoms with Crippen molar-refractivity contribution in [3.8, 4) is 5.75 Å². The molecule has 3 aromatic rings. The number of hydrogen-bond acceptors (Lipinski definition) is 7. The number of carboxylic acids is 1. The molecular formula is C26H27N3O6. The number of carbonyl (C=O) groups excluding carboxylic acids is 2. The number of nitrogens with zero attached hydrogens (tertiary/aromatic N) is 2. The highest BCUT2D eigenvalue weighted by Crippen LogP contribution is 2.27. The summed E-state index contributed by atoms with van der Waals surface area (Å²) in [6.07, 6.45) is 3.52. The van der Waals surface area contributed by atoms with Gasteiger partial charge in [0.25, 0.3) is 0 Å². The van der Waals surface area contributed by atoms with E-state index in [4.69, 9.17) is 15.6 Å². The van der Waals surface area contributed by atoms with E-state index >= 15 is 0 Å². The average molecular weight is 478 g/mol. The number of aromatic hydroxyl groups is 1. The van der Waals surface area contributed by atoms with Crippen molar-refractivity contribution in [2.24, 2.45) is 5.73 Å². The highest BCUT2D eigenvalue weighted by molar-refractivity contribution is 5.94. The minimum atomic E-state index is -0.911. The van der Waals surface area contributed by atoms with Crippen molar-refractivity contribution in [3.63, 3.8) is 0 Å². The van der Waals surface area contributed by atoms with Crippen molar-refractivity contribution in [3.05, 3.63) is 71.9 Å². The quantitative estimate of drug-likeness (QED) is 0.519. The second-order valence-electron chi connectivity index (χ2n) is 8.63. The van der Waals surface area contributed by atoms with Crippen LogP contribution in [0.25, 0.3) is 10.9 Å². The summed E-state index contributed by atoms with van der Waals surface area (Å²) in [6.45, 7) is 0.644. The molecular weight excluding hydrogens is 450 g/mol. The van der Waals surface area contributed by atoms with Crippen molar-refractivity contribution >= 4 is 28.6 Å². The Balaban J connectivity index is 0.000000189. The van der Waals surface area contributed by atoms with E-state index in [2.05, 4.69) is 4.98 Å². The summed E-state index contributed by atoms with van der Waals surface area (Å²) in [5, 5.41) is 18.9. The molecule has 5 rings (SSSR count). The third kappa shape index (κ3) is 5.64. The monoisotopic (exact) mass is 477 g/mol. The van der Waals surface area contributed by atoms with E-state index in [-0.39, 0.29) is 30.2 Å². The molecule has 0 radical (unpaired) electrons. The molecule has 1 aromatic heterocycles. The maximum Gasteiger partial charge on any atom is 0.335 e. The number of benzene rings is 2. The van der Waals surface area contributed by atoms with E-state index in [1.165, 1.54) is 0 Å². The van der Waals surface area contributed by atoms with E-state index in [0.717, 1.165) is 29.3 Å². The zero-order chi connectivity index (χ0) is 24.9. The van der Waals surface area contributed by atoms with Gasteiger partial charge in [-0.1, -0.05) is 18.2 Å². The largest absolute Gasteiger partial charge is 0.508 e. The number of pyridine rings is 1. The number of phenols is 1. The fourth-order valence-corrected chi connectivity index (χ4v) is 4.43. The molecule has 0 spiro atoms. The Kier molecular flexibility index (Phi) is 7.38. The lowest BCUT2D eigenvalue weighted by Crippen LogP contribution is -2.56. The SMILES string of the molecule is NC(Cc1ccc(O)cc1)C(=O)N1CCCC2OCC(=O)C21.O=C(O)c1ccc2ncccc2c1. The Bertz CT molecular complexity index is 1230. The number of piperidine rings is 1. The lowest BCUT2D eigenvalue weighted by molar-refractivity contribution is -0.141. The predicted molar refractivity (Wildman–Crippen MR) is 128 cm³/mol. The van der Waals surface area contributed by atoms with Crippen LogP contribution >= 0.6 is 0 Å². The summed E-state index contributed by atoms with van der Waals surface area (Å²) >= 11 is 0. The van der Waals surface area contributed by atoms with Gasteiger partial charge in [0.2, 0.25) is 5.91 Å². The average Bonchev–Trinajstić information content (AvgIpc) is 3.26. The van der Waals surface area contributed by atoms with Gasteiger partial charge in [-0.2, -0.15) is 0 Å². The van der Waals surface area contributed by atoms with Crippen LogP contribution in [0.1, 0.15) is 28.8 Å². The van der Waals surface area contributed by atoms with Crippen LogP contribution in [-0.4, -0.2) is 69.1 Å². The number of ketones is 1. The number of fused-ring (bicyclic) bond motifs is 2. The molecule has 1 amide bonds. The minimum Gasteiger partial charge on any atom is -0.508 e. The van der Waals surface area contributed by atoms with Gasteiger partial charge in [-0.05, 0) is 61.2 Å². The summed E-state index contributed by atoms with van der Waals surface area (Å²) < 4.78 is 5.45. The first-order valence-corrected chi connectivity index (χ1v) is 11.4. The summed E-state index contributed by atoms with van der Waals surface area (Å²) in [4.78, 5) is 40.9. The lowest BCUT2D eigenvalue weighted by Gasteiger charge is -2.36.